The molecule has 14 heavy (non-hydrogen) atoms. The second kappa shape index (κ2) is 3.33. The molecular formula is C11H9F2N. The fourth-order valence-electron chi connectivity index (χ4n) is 1.52. The van der Waals surface area contributed by atoms with Gasteiger partial charge in [-0.15, -0.1) is 0 Å². The van der Waals surface area contributed by atoms with Gasteiger partial charge in [0.05, 0.1) is 5.52 Å². The van der Waals surface area contributed by atoms with Crippen molar-refractivity contribution in [3.63, 3.8) is 0 Å². The van der Waals surface area contributed by atoms with Gasteiger partial charge in [0.15, 0.2) is 0 Å². The molecule has 1 aromatic heterocycles. The van der Waals surface area contributed by atoms with Crippen molar-refractivity contribution < 1.29 is 8.78 Å². The molecule has 0 aliphatic rings. The van der Waals surface area contributed by atoms with E-state index in [9.17, 15) is 8.78 Å². The lowest BCUT2D eigenvalue weighted by Gasteiger charge is -2.04. The smallest absolute Gasteiger partial charge is 0.138 e. The van der Waals surface area contributed by atoms with E-state index in [4.69, 9.17) is 0 Å². The van der Waals surface area contributed by atoms with Crippen LogP contribution in [0, 0.1) is 11.6 Å². The highest BCUT2D eigenvalue weighted by atomic mass is 19.1. The normalized spacial score (nSPS) is 10.8. The van der Waals surface area contributed by atoms with E-state index in [1.807, 2.05) is 0 Å². The van der Waals surface area contributed by atoms with Gasteiger partial charge in [0.1, 0.15) is 11.6 Å². The Morgan fingerprint density at radius 3 is 2.86 bits per heavy atom. The molecular weight excluding hydrogens is 184 g/mol. The molecule has 0 aliphatic carbocycles. The Morgan fingerprint density at radius 2 is 2.14 bits per heavy atom. The first-order valence-corrected chi connectivity index (χ1v) is 4.45. The molecule has 0 aliphatic heterocycles. The largest absolute Gasteiger partial charge is 0.256 e. The summed E-state index contributed by atoms with van der Waals surface area (Å²) >= 11 is 0. The molecule has 1 aromatic carbocycles. The zero-order valence-corrected chi connectivity index (χ0v) is 7.72. The van der Waals surface area contributed by atoms with Gasteiger partial charge in [-0.05, 0) is 18.6 Å². The van der Waals surface area contributed by atoms with Gasteiger partial charge in [0.2, 0.25) is 0 Å². The summed E-state index contributed by atoms with van der Waals surface area (Å²) in [7, 11) is 0. The third-order valence-corrected chi connectivity index (χ3v) is 2.25. The van der Waals surface area contributed by atoms with Crippen molar-refractivity contribution in [3.8, 4) is 0 Å². The number of pyridine rings is 1. The first kappa shape index (κ1) is 9.06. The van der Waals surface area contributed by atoms with E-state index in [1.165, 1.54) is 12.3 Å². The lowest BCUT2D eigenvalue weighted by molar-refractivity contribution is 0.567. The number of hydrogen-bond acceptors (Lipinski definition) is 1. The van der Waals surface area contributed by atoms with Gasteiger partial charge in [-0.2, -0.15) is 0 Å². The molecule has 0 saturated heterocycles. The van der Waals surface area contributed by atoms with E-state index >= 15 is 0 Å². The summed E-state index contributed by atoms with van der Waals surface area (Å²) in [6.45, 7) is 1.73. The summed E-state index contributed by atoms with van der Waals surface area (Å²) in [6.07, 6.45) is 1.87. The molecule has 0 radical (unpaired) electrons. The van der Waals surface area contributed by atoms with Gasteiger partial charge >= 0.3 is 0 Å². The molecule has 0 N–H and O–H groups in total. The average Bonchev–Trinajstić information content (AvgIpc) is 2.18. The third-order valence-electron chi connectivity index (χ3n) is 2.25. The van der Waals surface area contributed by atoms with Gasteiger partial charge in [0.25, 0.3) is 0 Å². The third kappa shape index (κ3) is 1.25. The average molecular weight is 193 g/mol. The zero-order valence-electron chi connectivity index (χ0n) is 7.72. The molecule has 0 bridgehead atoms. The molecule has 2 aromatic rings. The van der Waals surface area contributed by atoms with Crippen LogP contribution in [-0.2, 0) is 6.42 Å². The molecule has 2 rings (SSSR count). The Morgan fingerprint density at radius 1 is 1.36 bits per heavy atom. The van der Waals surface area contributed by atoms with Crippen molar-refractivity contribution in [1.29, 1.82) is 0 Å². The maximum absolute atomic E-state index is 13.7. The molecule has 0 fully saturated rings. The minimum Gasteiger partial charge on any atom is -0.256 e. The Hall–Kier alpha value is -1.51. The highest BCUT2D eigenvalue weighted by Crippen LogP contribution is 2.22. The number of nitrogens with zero attached hydrogens (tertiary/aromatic N) is 1. The molecule has 3 heteroatoms. The van der Waals surface area contributed by atoms with Crippen LogP contribution in [0.15, 0.2) is 24.4 Å². The monoisotopic (exact) mass is 193 g/mol. The summed E-state index contributed by atoms with van der Waals surface area (Å²) in [6, 6.07) is 4.52. The van der Waals surface area contributed by atoms with Crippen LogP contribution in [0.2, 0.25) is 0 Å². The quantitative estimate of drug-likeness (QED) is 0.678. The fourth-order valence-corrected chi connectivity index (χ4v) is 1.52. The standard InChI is InChI=1S/C11H9F2N/c1-2-7-9(12)6-10-8(11(7)13)4-3-5-14-10/h3-6H,2H2,1H3. The van der Waals surface area contributed by atoms with Crippen molar-refractivity contribution in [2.24, 2.45) is 0 Å². The van der Waals surface area contributed by atoms with Crippen molar-refractivity contribution in [2.75, 3.05) is 0 Å². The van der Waals surface area contributed by atoms with Crippen LogP contribution in [0.3, 0.4) is 0 Å². The first-order chi connectivity index (χ1) is 6.74. The van der Waals surface area contributed by atoms with Gasteiger partial charge in [0, 0.05) is 23.2 Å². The minimum absolute atomic E-state index is 0.130. The van der Waals surface area contributed by atoms with E-state index in [2.05, 4.69) is 4.98 Å². The Labute approximate surface area is 80.4 Å². The van der Waals surface area contributed by atoms with E-state index in [0.29, 0.717) is 17.3 Å². The fraction of sp³-hybridized carbons (Fsp3) is 0.182. The second-order valence-electron chi connectivity index (χ2n) is 3.07. The van der Waals surface area contributed by atoms with Crippen LogP contribution in [0.1, 0.15) is 12.5 Å². The predicted molar refractivity (Wildman–Crippen MR) is 51.0 cm³/mol. The van der Waals surface area contributed by atoms with Crippen LogP contribution < -0.4 is 0 Å². The van der Waals surface area contributed by atoms with Crippen molar-refractivity contribution >= 4 is 10.9 Å². The molecule has 72 valence electrons. The molecule has 0 unspecified atom stereocenters. The molecule has 1 heterocycles. The van der Waals surface area contributed by atoms with E-state index < -0.39 is 11.6 Å². The Balaban J connectivity index is 2.86. The van der Waals surface area contributed by atoms with Crippen molar-refractivity contribution in [1.82, 2.24) is 4.98 Å². The van der Waals surface area contributed by atoms with E-state index in [-0.39, 0.29) is 5.56 Å². The summed E-state index contributed by atoms with van der Waals surface area (Å²) in [5, 5.41) is 0.380. The second-order valence-corrected chi connectivity index (χ2v) is 3.07. The van der Waals surface area contributed by atoms with Gasteiger partial charge in [-0.3, -0.25) is 4.98 Å². The van der Waals surface area contributed by atoms with Crippen LogP contribution in [0.5, 0.6) is 0 Å². The topological polar surface area (TPSA) is 12.9 Å². The number of aromatic nitrogens is 1. The summed E-state index contributed by atoms with van der Waals surface area (Å²) in [5.74, 6) is -1.01. The van der Waals surface area contributed by atoms with Gasteiger partial charge in [-0.25, -0.2) is 8.78 Å². The molecule has 0 atom stereocenters. The number of hydrogen-bond donors (Lipinski definition) is 0. The highest BCUT2D eigenvalue weighted by molar-refractivity contribution is 5.80. The van der Waals surface area contributed by atoms with Gasteiger partial charge in [-0.1, -0.05) is 6.92 Å². The van der Waals surface area contributed by atoms with Gasteiger partial charge < -0.3 is 0 Å². The Kier molecular flexibility index (Phi) is 2.15. The van der Waals surface area contributed by atoms with Crippen molar-refractivity contribution in [3.05, 3.63) is 41.6 Å². The van der Waals surface area contributed by atoms with Crippen LogP contribution in [-0.4, -0.2) is 4.98 Å². The van der Waals surface area contributed by atoms with Crippen LogP contribution >= 0.6 is 0 Å². The SMILES string of the molecule is CCc1c(F)cc2ncccc2c1F. The minimum atomic E-state index is -0.517. The number of rotatable bonds is 1. The summed E-state index contributed by atoms with van der Waals surface area (Å²) in [5.41, 5.74) is 0.491. The van der Waals surface area contributed by atoms with E-state index in [0.717, 1.165) is 0 Å². The molecule has 0 spiro atoms. The Bertz CT molecular complexity index is 480. The number of halogens is 2. The lowest BCUT2D eigenvalue weighted by Crippen LogP contribution is -1.95. The summed E-state index contributed by atoms with van der Waals surface area (Å²) in [4.78, 5) is 3.90. The maximum atomic E-state index is 13.7. The van der Waals surface area contributed by atoms with Crippen molar-refractivity contribution in [2.45, 2.75) is 13.3 Å². The highest BCUT2D eigenvalue weighted by Gasteiger charge is 2.11. The predicted octanol–water partition coefficient (Wildman–Crippen LogP) is 3.08. The summed E-state index contributed by atoms with van der Waals surface area (Å²) < 4.78 is 27.0. The lowest BCUT2D eigenvalue weighted by atomic mass is 10.1. The number of benzene rings is 1. The van der Waals surface area contributed by atoms with Crippen LogP contribution in [0.4, 0.5) is 8.78 Å². The molecule has 0 saturated carbocycles. The first-order valence-electron chi connectivity index (χ1n) is 4.45. The molecule has 0 amide bonds. The number of fused-ring (bicyclic) bond motifs is 1. The van der Waals surface area contributed by atoms with E-state index in [1.54, 1.807) is 19.1 Å². The maximum Gasteiger partial charge on any atom is 0.138 e. The van der Waals surface area contributed by atoms with Crippen LogP contribution in [0.25, 0.3) is 10.9 Å². The molecule has 1 nitrogen and oxygen atoms in total. The zero-order chi connectivity index (χ0) is 10.1.